The summed E-state index contributed by atoms with van der Waals surface area (Å²) in [6.07, 6.45) is 0. The Kier molecular flexibility index (Phi) is 4.43. The largest absolute Gasteiger partial charge is 0.480 e. The SMILES string of the molecule is CC1SCC(C(=O)O)N1C(=O)c1ccc(Br)c(Cl)c1. The Morgan fingerprint density at radius 1 is 1.53 bits per heavy atom. The fourth-order valence-corrected chi connectivity index (χ4v) is 3.51. The van der Waals surface area contributed by atoms with Crippen LogP contribution in [0.3, 0.4) is 0 Å². The number of hydrogen-bond acceptors (Lipinski definition) is 3. The van der Waals surface area contributed by atoms with Gasteiger partial charge in [-0.05, 0) is 41.1 Å². The predicted octanol–water partition coefficient (Wildman–Crippen LogP) is 3.09. The van der Waals surface area contributed by atoms with Gasteiger partial charge in [0.25, 0.3) is 5.91 Å². The third-order valence-electron chi connectivity index (χ3n) is 2.91. The average molecular weight is 365 g/mol. The maximum atomic E-state index is 12.4. The van der Waals surface area contributed by atoms with Crippen molar-refractivity contribution in [3.05, 3.63) is 33.3 Å². The highest BCUT2D eigenvalue weighted by atomic mass is 79.9. The number of carboxylic acids is 1. The molecule has 0 aromatic heterocycles. The normalized spacial score (nSPS) is 22.6. The molecular weight excluding hydrogens is 354 g/mol. The van der Waals surface area contributed by atoms with Crippen molar-refractivity contribution in [3.8, 4) is 0 Å². The van der Waals surface area contributed by atoms with Crippen molar-refractivity contribution in [2.75, 3.05) is 5.75 Å². The molecule has 1 amide bonds. The standard InChI is InChI=1S/C12H11BrClNO3S/c1-6-15(10(5-19-6)12(17)18)11(16)7-2-3-8(13)9(14)4-7/h2-4,6,10H,5H2,1H3,(H,17,18). The van der Waals surface area contributed by atoms with Crippen molar-refractivity contribution in [1.29, 1.82) is 0 Å². The van der Waals surface area contributed by atoms with Crippen molar-refractivity contribution in [1.82, 2.24) is 4.90 Å². The van der Waals surface area contributed by atoms with Gasteiger partial charge in [-0.2, -0.15) is 0 Å². The lowest BCUT2D eigenvalue weighted by atomic mass is 10.1. The molecule has 1 aromatic carbocycles. The van der Waals surface area contributed by atoms with E-state index in [1.165, 1.54) is 16.7 Å². The van der Waals surface area contributed by atoms with E-state index >= 15 is 0 Å². The summed E-state index contributed by atoms with van der Waals surface area (Å²) in [6, 6.07) is 4.07. The fourth-order valence-electron chi connectivity index (χ4n) is 1.92. The Labute approximate surface area is 128 Å². The van der Waals surface area contributed by atoms with Gasteiger partial charge in [0, 0.05) is 15.8 Å². The molecule has 1 aliphatic rings. The van der Waals surface area contributed by atoms with Crippen LogP contribution in [0.2, 0.25) is 5.02 Å². The summed E-state index contributed by atoms with van der Waals surface area (Å²) in [6.45, 7) is 1.83. The third-order valence-corrected chi connectivity index (χ3v) is 5.36. The number of rotatable bonds is 2. The lowest BCUT2D eigenvalue weighted by molar-refractivity contribution is -0.141. The molecule has 0 radical (unpaired) electrons. The highest BCUT2D eigenvalue weighted by Gasteiger charge is 2.39. The lowest BCUT2D eigenvalue weighted by Crippen LogP contribution is -2.44. The van der Waals surface area contributed by atoms with E-state index in [0.29, 0.717) is 20.8 Å². The van der Waals surface area contributed by atoms with Gasteiger partial charge in [0.1, 0.15) is 6.04 Å². The molecule has 2 atom stereocenters. The molecule has 2 rings (SSSR count). The first kappa shape index (κ1) is 14.7. The first-order valence-electron chi connectivity index (χ1n) is 5.54. The molecule has 1 heterocycles. The molecule has 2 unspecified atom stereocenters. The van der Waals surface area contributed by atoms with Crippen LogP contribution >= 0.6 is 39.3 Å². The summed E-state index contributed by atoms with van der Waals surface area (Å²) in [5, 5.41) is 9.43. The highest BCUT2D eigenvalue weighted by molar-refractivity contribution is 9.10. The molecule has 0 aliphatic carbocycles. The zero-order valence-corrected chi connectivity index (χ0v) is 13.1. The molecule has 0 spiro atoms. The summed E-state index contributed by atoms with van der Waals surface area (Å²) in [4.78, 5) is 25.0. The van der Waals surface area contributed by atoms with Crippen molar-refractivity contribution >= 4 is 51.2 Å². The van der Waals surface area contributed by atoms with Crippen LogP contribution in [0.25, 0.3) is 0 Å². The highest BCUT2D eigenvalue weighted by Crippen LogP contribution is 2.31. The first-order valence-corrected chi connectivity index (χ1v) is 7.76. The van der Waals surface area contributed by atoms with Crippen LogP contribution < -0.4 is 0 Å². The van der Waals surface area contributed by atoms with E-state index in [1.807, 2.05) is 6.92 Å². The monoisotopic (exact) mass is 363 g/mol. The second-order valence-electron chi connectivity index (χ2n) is 4.13. The molecular formula is C12H11BrClNO3S. The van der Waals surface area contributed by atoms with Gasteiger partial charge in [-0.25, -0.2) is 4.79 Å². The van der Waals surface area contributed by atoms with E-state index in [-0.39, 0.29) is 11.3 Å². The minimum Gasteiger partial charge on any atom is -0.480 e. The number of benzene rings is 1. The van der Waals surface area contributed by atoms with Crippen LogP contribution in [-0.4, -0.2) is 39.1 Å². The fraction of sp³-hybridized carbons (Fsp3) is 0.333. The maximum Gasteiger partial charge on any atom is 0.327 e. The van der Waals surface area contributed by atoms with E-state index in [9.17, 15) is 9.59 Å². The van der Waals surface area contributed by atoms with Crippen LogP contribution in [0.4, 0.5) is 0 Å². The molecule has 7 heteroatoms. The van der Waals surface area contributed by atoms with Gasteiger partial charge in [0.05, 0.1) is 10.4 Å². The zero-order chi connectivity index (χ0) is 14.2. The van der Waals surface area contributed by atoms with Gasteiger partial charge in [0.15, 0.2) is 0 Å². The summed E-state index contributed by atoms with van der Waals surface area (Å²) >= 11 is 10.7. The molecule has 0 bridgehead atoms. The maximum absolute atomic E-state index is 12.4. The number of carboxylic acid groups (broad SMARTS) is 1. The minimum atomic E-state index is -0.978. The molecule has 0 saturated carbocycles. The van der Waals surface area contributed by atoms with Crippen LogP contribution in [0.5, 0.6) is 0 Å². The molecule has 102 valence electrons. The zero-order valence-electron chi connectivity index (χ0n) is 9.97. The molecule has 1 aromatic rings. The summed E-state index contributed by atoms with van der Waals surface area (Å²) in [5.41, 5.74) is 0.397. The number of aliphatic carboxylic acids is 1. The van der Waals surface area contributed by atoms with Crippen molar-refractivity contribution in [3.63, 3.8) is 0 Å². The Morgan fingerprint density at radius 2 is 2.21 bits per heavy atom. The summed E-state index contributed by atoms with van der Waals surface area (Å²) in [5.74, 6) is -0.875. The Hall–Kier alpha value is -0.720. The number of halogens is 2. The Bertz CT molecular complexity index is 540. The number of thioether (sulfide) groups is 1. The minimum absolute atomic E-state index is 0.156. The van der Waals surface area contributed by atoms with Crippen molar-refractivity contribution in [2.24, 2.45) is 0 Å². The second-order valence-corrected chi connectivity index (χ2v) is 6.74. The number of amides is 1. The Morgan fingerprint density at radius 3 is 2.79 bits per heavy atom. The average Bonchev–Trinajstić information content (AvgIpc) is 2.74. The quantitative estimate of drug-likeness (QED) is 0.876. The molecule has 1 N–H and O–H groups in total. The van der Waals surface area contributed by atoms with E-state index in [1.54, 1.807) is 18.2 Å². The number of carbonyl (C=O) groups is 2. The summed E-state index contributed by atoms with van der Waals surface area (Å²) in [7, 11) is 0. The van der Waals surface area contributed by atoms with Gasteiger partial charge in [-0.1, -0.05) is 11.6 Å². The first-order chi connectivity index (χ1) is 8.91. The number of hydrogen-bond donors (Lipinski definition) is 1. The molecule has 1 aliphatic heterocycles. The molecule has 4 nitrogen and oxygen atoms in total. The predicted molar refractivity (Wildman–Crippen MR) is 78.7 cm³/mol. The van der Waals surface area contributed by atoms with Crippen LogP contribution in [-0.2, 0) is 4.79 Å². The Balaban J connectivity index is 2.31. The third kappa shape index (κ3) is 2.90. The lowest BCUT2D eigenvalue weighted by Gasteiger charge is -2.25. The molecule has 19 heavy (non-hydrogen) atoms. The van der Waals surface area contributed by atoms with Gasteiger partial charge >= 0.3 is 5.97 Å². The number of carbonyl (C=O) groups excluding carboxylic acids is 1. The van der Waals surface area contributed by atoms with E-state index in [0.717, 1.165) is 0 Å². The van der Waals surface area contributed by atoms with Crippen molar-refractivity contribution < 1.29 is 14.7 Å². The molecule has 1 saturated heterocycles. The number of nitrogens with zero attached hydrogens (tertiary/aromatic N) is 1. The van der Waals surface area contributed by atoms with Gasteiger partial charge < -0.3 is 10.0 Å². The topological polar surface area (TPSA) is 57.6 Å². The summed E-state index contributed by atoms with van der Waals surface area (Å²) < 4.78 is 0.698. The van der Waals surface area contributed by atoms with Crippen LogP contribution in [0.1, 0.15) is 17.3 Å². The van der Waals surface area contributed by atoms with Crippen LogP contribution in [0.15, 0.2) is 22.7 Å². The van der Waals surface area contributed by atoms with E-state index in [4.69, 9.17) is 16.7 Å². The molecule has 1 fully saturated rings. The smallest absolute Gasteiger partial charge is 0.327 e. The van der Waals surface area contributed by atoms with E-state index in [2.05, 4.69) is 15.9 Å². The second kappa shape index (κ2) is 5.73. The van der Waals surface area contributed by atoms with E-state index < -0.39 is 12.0 Å². The van der Waals surface area contributed by atoms with Gasteiger partial charge in [-0.3, -0.25) is 4.79 Å². The van der Waals surface area contributed by atoms with Gasteiger partial charge in [-0.15, -0.1) is 11.8 Å². The van der Waals surface area contributed by atoms with Crippen molar-refractivity contribution in [2.45, 2.75) is 18.3 Å². The van der Waals surface area contributed by atoms with Crippen LogP contribution in [0, 0.1) is 0 Å². The van der Waals surface area contributed by atoms with Gasteiger partial charge in [0.2, 0.25) is 0 Å².